The largest absolute Gasteiger partial charge is 0.573 e. The molecular formula is C18H28F3NO. The van der Waals surface area contributed by atoms with Gasteiger partial charge in [-0.3, -0.25) is 4.90 Å². The van der Waals surface area contributed by atoms with E-state index in [4.69, 9.17) is 0 Å². The lowest BCUT2D eigenvalue weighted by Gasteiger charge is -2.35. The topological polar surface area (TPSA) is 12.5 Å². The molecule has 0 bridgehead atoms. The molecule has 1 aromatic carbocycles. The van der Waals surface area contributed by atoms with Crippen LogP contribution in [0.3, 0.4) is 0 Å². The molecule has 132 valence electrons. The highest BCUT2D eigenvalue weighted by molar-refractivity contribution is 5.40. The van der Waals surface area contributed by atoms with Gasteiger partial charge in [0.25, 0.3) is 0 Å². The van der Waals surface area contributed by atoms with Gasteiger partial charge in [-0.2, -0.15) is 0 Å². The summed E-state index contributed by atoms with van der Waals surface area (Å²) >= 11 is 0. The number of nitrogens with zero attached hydrogens (tertiary/aromatic N) is 1. The Hall–Kier alpha value is -1.23. The van der Waals surface area contributed by atoms with E-state index in [0.717, 1.165) is 12.1 Å². The van der Waals surface area contributed by atoms with Crippen LogP contribution in [0.25, 0.3) is 0 Å². The van der Waals surface area contributed by atoms with Crippen molar-refractivity contribution >= 4 is 0 Å². The number of benzene rings is 1. The first kappa shape index (κ1) is 19.8. The molecule has 0 saturated heterocycles. The van der Waals surface area contributed by atoms with Crippen LogP contribution in [0, 0.1) is 0 Å². The van der Waals surface area contributed by atoms with E-state index in [1.807, 2.05) is 54.5 Å². The maximum absolute atomic E-state index is 12.8. The molecule has 0 spiro atoms. The Balaban J connectivity index is 3.25. The second-order valence-electron chi connectivity index (χ2n) is 7.81. The zero-order chi connectivity index (χ0) is 18.1. The SMILES string of the molecule is CCN(Cc1ccc(C(C)(C)C)cc1OC(F)(F)F)C(C)(C)C. The minimum atomic E-state index is -4.69. The van der Waals surface area contributed by atoms with E-state index in [1.54, 1.807) is 6.07 Å². The van der Waals surface area contributed by atoms with Gasteiger partial charge < -0.3 is 4.74 Å². The normalized spacial score (nSPS) is 13.5. The first-order chi connectivity index (χ1) is 10.2. The van der Waals surface area contributed by atoms with Gasteiger partial charge in [-0.05, 0) is 44.4 Å². The Morgan fingerprint density at radius 1 is 1.00 bits per heavy atom. The Morgan fingerprint density at radius 3 is 1.96 bits per heavy atom. The molecule has 0 radical (unpaired) electrons. The summed E-state index contributed by atoms with van der Waals surface area (Å²) in [7, 11) is 0. The molecule has 5 heteroatoms. The molecule has 23 heavy (non-hydrogen) atoms. The van der Waals surface area contributed by atoms with Crippen molar-refractivity contribution in [2.45, 2.75) is 72.3 Å². The number of hydrogen-bond acceptors (Lipinski definition) is 2. The van der Waals surface area contributed by atoms with Crippen LogP contribution in [-0.2, 0) is 12.0 Å². The fourth-order valence-corrected chi connectivity index (χ4v) is 2.40. The molecule has 0 aliphatic heterocycles. The Kier molecular flexibility index (Phi) is 5.79. The highest BCUT2D eigenvalue weighted by Gasteiger charge is 2.33. The lowest BCUT2D eigenvalue weighted by atomic mass is 9.86. The lowest BCUT2D eigenvalue weighted by molar-refractivity contribution is -0.275. The van der Waals surface area contributed by atoms with Crippen molar-refractivity contribution < 1.29 is 17.9 Å². The van der Waals surface area contributed by atoms with E-state index in [-0.39, 0.29) is 16.7 Å². The number of rotatable bonds is 4. The summed E-state index contributed by atoms with van der Waals surface area (Å²) < 4.78 is 42.6. The van der Waals surface area contributed by atoms with E-state index in [2.05, 4.69) is 9.64 Å². The predicted molar refractivity (Wildman–Crippen MR) is 87.7 cm³/mol. The highest BCUT2D eigenvalue weighted by atomic mass is 19.4. The fourth-order valence-electron chi connectivity index (χ4n) is 2.40. The average Bonchev–Trinajstić information content (AvgIpc) is 2.32. The van der Waals surface area contributed by atoms with Crippen LogP contribution < -0.4 is 4.74 Å². The summed E-state index contributed by atoms with van der Waals surface area (Å²) in [6, 6.07) is 5.14. The van der Waals surface area contributed by atoms with Crippen LogP contribution in [0.2, 0.25) is 0 Å². The first-order valence-electron chi connectivity index (χ1n) is 7.88. The van der Waals surface area contributed by atoms with Crippen molar-refractivity contribution in [1.82, 2.24) is 4.90 Å². The molecule has 0 atom stereocenters. The third-order valence-corrected chi connectivity index (χ3v) is 3.85. The van der Waals surface area contributed by atoms with Crippen molar-refractivity contribution in [3.63, 3.8) is 0 Å². The summed E-state index contributed by atoms with van der Waals surface area (Å²) in [6.07, 6.45) is -4.69. The van der Waals surface area contributed by atoms with Crippen molar-refractivity contribution in [2.24, 2.45) is 0 Å². The predicted octanol–water partition coefficient (Wildman–Crippen LogP) is 5.50. The van der Waals surface area contributed by atoms with E-state index < -0.39 is 6.36 Å². The van der Waals surface area contributed by atoms with Crippen LogP contribution in [0.5, 0.6) is 5.75 Å². The highest BCUT2D eigenvalue weighted by Crippen LogP contribution is 2.33. The van der Waals surface area contributed by atoms with Gasteiger partial charge in [0.2, 0.25) is 0 Å². The molecule has 0 N–H and O–H groups in total. The van der Waals surface area contributed by atoms with Crippen LogP contribution in [0.4, 0.5) is 13.2 Å². The summed E-state index contributed by atoms with van der Waals surface area (Å²) in [4.78, 5) is 2.11. The van der Waals surface area contributed by atoms with Crippen molar-refractivity contribution in [3.05, 3.63) is 29.3 Å². The second-order valence-corrected chi connectivity index (χ2v) is 7.81. The molecule has 1 rings (SSSR count). The molecule has 2 nitrogen and oxygen atoms in total. The summed E-state index contributed by atoms with van der Waals surface area (Å²) in [5.74, 6) is -0.104. The number of halogens is 3. The van der Waals surface area contributed by atoms with Gasteiger partial charge in [0.1, 0.15) is 5.75 Å². The molecule has 0 heterocycles. The minimum Gasteiger partial charge on any atom is -0.405 e. The van der Waals surface area contributed by atoms with Crippen molar-refractivity contribution in [1.29, 1.82) is 0 Å². The molecule has 0 aromatic heterocycles. The van der Waals surface area contributed by atoms with Gasteiger partial charge in [-0.25, -0.2) is 0 Å². The number of hydrogen-bond donors (Lipinski definition) is 0. The van der Waals surface area contributed by atoms with Crippen molar-refractivity contribution in [2.75, 3.05) is 6.54 Å². The van der Waals surface area contributed by atoms with Gasteiger partial charge in [0.05, 0.1) is 0 Å². The minimum absolute atomic E-state index is 0.104. The molecule has 0 amide bonds. The third kappa shape index (κ3) is 6.05. The molecule has 0 aliphatic rings. The van der Waals surface area contributed by atoms with E-state index >= 15 is 0 Å². The van der Waals surface area contributed by atoms with Crippen LogP contribution in [0.1, 0.15) is 59.6 Å². The zero-order valence-electron chi connectivity index (χ0n) is 15.1. The van der Waals surface area contributed by atoms with Crippen molar-refractivity contribution in [3.8, 4) is 5.75 Å². The molecule has 0 aliphatic carbocycles. The van der Waals surface area contributed by atoms with Gasteiger partial charge >= 0.3 is 6.36 Å². The molecule has 0 saturated carbocycles. The van der Waals surface area contributed by atoms with E-state index in [1.165, 1.54) is 6.07 Å². The third-order valence-electron chi connectivity index (χ3n) is 3.85. The van der Waals surface area contributed by atoms with Gasteiger partial charge in [0.15, 0.2) is 0 Å². The van der Waals surface area contributed by atoms with E-state index in [9.17, 15) is 13.2 Å². The standard InChI is InChI=1S/C18H28F3NO/c1-8-22(17(5,6)7)12-13-9-10-14(16(2,3)4)11-15(13)23-18(19,20)21/h9-11H,8,12H2,1-7H3. The van der Waals surface area contributed by atoms with E-state index in [0.29, 0.717) is 12.1 Å². The molecular weight excluding hydrogens is 303 g/mol. The molecule has 1 aromatic rings. The number of alkyl halides is 3. The van der Waals surface area contributed by atoms with Gasteiger partial charge in [-0.1, -0.05) is 39.8 Å². The Morgan fingerprint density at radius 2 is 1.57 bits per heavy atom. The summed E-state index contributed by atoms with van der Waals surface area (Å²) in [5, 5.41) is 0. The summed E-state index contributed by atoms with van der Waals surface area (Å²) in [5.41, 5.74) is 0.996. The second kappa shape index (κ2) is 6.71. The fraction of sp³-hybridized carbons (Fsp3) is 0.667. The van der Waals surface area contributed by atoms with Gasteiger partial charge in [-0.15, -0.1) is 13.2 Å². The quantitative estimate of drug-likeness (QED) is 0.722. The maximum Gasteiger partial charge on any atom is 0.573 e. The first-order valence-corrected chi connectivity index (χ1v) is 7.88. The van der Waals surface area contributed by atoms with Crippen LogP contribution >= 0.6 is 0 Å². The summed E-state index contributed by atoms with van der Waals surface area (Å²) in [6.45, 7) is 15.2. The molecule has 0 unspecified atom stereocenters. The average molecular weight is 331 g/mol. The lowest BCUT2D eigenvalue weighted by Crippen LogP contribution is -2.40. The Labute approximate surface area is 137 Å². The Bertz CT molecular complexity index is 525. The van der Waals surface area contributed by atoms with Crippen LogP contribution in [0.15, 0.2) is 18.2 Å². The zero-order valence-corrected chi connectivity index (χ0v) is 15.1. The number of ether oxygens (including phenoxy) is 1. The monoisotopic (exact) mass is 331 g/mol. The van der Waals surface area contributed by atoms with Gasteiger partial charge in [0, 0.05) is 17.6 Å². The smallest absolute Gasteiger partial charge is 0.405 e. The maximum atomic E-state index is 12.8. The van der Waals surface area contributed by atoms with Crippen LogP contribution in [-0.4, -0.2) is 23.3 Å². The molecule has 0 fully saturated rings.